The summed E-state index contributed by atoms with van der Waals surface area (Å²) in [5, 5.41) is 0. The van der Waals surface area contributed by atoms with E-state index in [0.717, 1.165) is 13.0 Å². The van der Waals surface area contributed by atoms with Crippen LogP contribution in [0, 0.1) is 0 Å². The molecule has 0 bridgehead atoms. The highest BCUT2D eigenvalue weighted by atomic mass is 16.5. The second-order valence-corrected chi connectivity index (χ2v) is 4.05. The van der Waals surface area contributed by atoms with Crippen molar-refractivity contribution in [3.8, 4) is 5.75 Å². The zero-order valence-corrected chi connectivity index (χ0v) is 12.3. The monoisotopic (exact) mass is 285 g/mol. The van der Waals surface area contributed by atoms with E-state index in [2.05, 4.69) is 20.3 Å². The first-order chi connectivity index (χ1) is 9.78. The topological polar surface area (TPSA) is 94.8 Å². The molecule has 1 aromatic rings. The van der Waals surface area contributed by atoms with Crippen LogP contribution < -0.4 is 20.9 Å². The number of nitrogens with zero attached hydrogens (tertiary/aromatic N) is 3. The van der Waals surface area contributed by atoms with E-state index in [4.69, 9.17) is 20.1 Å². The van der Waals surface area contributed by atoms with Gasteiger partial charge < -0.3 is 24.5 Å². The minimum atomic E-state index is 0.451. The van der Waals surface area contributed by atoms with Gasteiger partial charge in [0.1, 0.15) is 6.33 Å². The van der Waals surface area contributed by atoms with Crippen molar-refractivity contribution in [2.75, 3.05) is 58.0 Å². The summed E-state index contributed by atoms with van der Waals surface area (Å²) < 4.78 is 15.6. The number of anilines is 2. The van der Waals surface area contributed by atoms with E-state index in [1.807, 2.05) is 0 Å². The highest BCUT2D eigenvalue weighted by Crippen LogP contribution is 2.31. The van der Waals surface area contributed by atoms with Gasteiger partial charge in [-0.05, 0) is 6.42 Å². The number of rotatable bonds is 10. The second kappa shape index (κ2) is 9.29. The lowest BCUT2D eigenvalue weighted by atomic mass is 10.3. The molecule has 0 aliphatic rings. The van der Waals surface area contributed by atoms with Crippen LogP contribution in [-0.2, 0) is 9.47 Å². The largest absolute Gasteiger partial charge is 0.490 e. The molecule has 3 N–H and O–H groups in total. The number of ether oxygens (including phenoxy) is 3. The minimum absolute atomic E-state index is 0.451. The molecule has 114 valence electrons. The van der Waals surface area contributed by atoms with Gasteiger partial charge >= 0.3 is 0 Å². The normalized spacial score (nSPS) is 10.4. The summed E-state index contributed by atoms with van der Waals surface area (Å²) in [6, 6.07) is 0. The molecule has 1 rings (SSSR count). The molecule has 1 aromatic heterocycles. The summed E-state index contributed by atoms with van der Waals surface area (Å²) in [7, 11) is 4.91. The minimum Gasteiger partial charge on any atom is -0.490 e. The third-order valence-corrected chi connectivity index (χ3v) is 2.77. The average molecular weight is 285 g/mol. The molecule has 0 fully saturated rings. The molecule has 0 unspecified atom stereocenters. The molecule has 0 aromatic carbocycles. The summed E-state index contributed by atoms with van der Waals surface area (Å²) in [5.74, 6) is 7.09. The Morgan fingerprint density at radius 1 is 1.15 bits per heavy atom. The number of hydrogen-bond acceptors (Lipinski definition) is 8. The van der Waals surface area contributed by atoms with Gasteiger partial charge in [-0.2, -0.15) is 0 Å². The summed E-state index contributed by atoms with van der Waals surface area (Å²) in [6.07, 6.45) is 2.32. The molecule has 0 radical (unpaired) electrons. The van der Waals surface area contributed by atoms with Gasteiger partial charge in [0.15, 0.2) is 11.6 Å². The number of nitrogens with one attached hydrogen (secondary N) is 1. The number of nitrogen functional groups attached to an aromatic ring is 1. The quantitative estimate of drug-likeness (QED) is 0.359. The Labute approximate surface area is 119 Å². The van der Waals surface area contributed by atoms with Crippen LogP contribution in [0.1, 0.15) is 6.42 Å². The first-order valence-corrected chi connectivity index (χ1v) is 6.36. The van der Waals surface area contributed by atoms with Crippen molar-refractivity contribution >= 4 is 11.6 Å². The van der Waals surface area contributed by atoms with Crippen molar-refractivity contribution in [3.05, 3.63) is 6.33 Å². The zero-order valence-electron chi connectivity index (χ0n) is 12.3. The van der Waals surface area contributed by atoms with Crippen LogP contribution in [0.5, 0.6) is 5.75 Å². The first-order valence-electron chi connectivity index (χ1n) is 6.36. The van der Waals surface area contributed by atoms with Crippen LogP contribution in [0.3, 0.4) is 0 Å². The Kier molecular flexibility index (Phi) is 7.63. The predicted molar refractivity (Wildman–Crippen MR) is 77.0 cm³/mol. The molecular weight excluding hydrogens is 262 g/mol. The first kappa shape index (κ1) is 16.4. The fraction of sp³-hybridized carbons (Fsp3) is 0.667. The van der Waals surface area contributed by atoms with Gasteiger partial charge in [0.2, 0.25) is 5.75 Å². The molecular formula is C12H23N5O3. The van der Waals surface area contributed by atoms with E-state index in [0.29, 0.717) is 37.1 Å². The molecule has 0 atom stereocenters. The van der Waals surface area contributed by atoms with Crippen LogP contribution >= 0.6 is 0 Å². The SMILES string of the molecule is COCCCN(CCOC)c1ncnc(NN)c1OC. The summed E-state index contributed by atoms with van der Waals surface area (Å²) in [5.41, 5.74) is 2.51. The van der Waals surface area contributed by atoms with Gasteiger partial charge in [-0.1, -0.05) is 0 Å². The zero-order chi connectivity index (χ0) is 14.8. The van der Waals surface area contributed by atoms with Crippen molar-refractivity contribution in [1.29, 1.82) is 0 Å². The van der Waals surface area contributed by atoms with Crippen LogP contribution in [0.2, 0.25) is 0 Å². The van der Waals surface area contributed by atoms with Crippen LogP contribution in [0.4, 0.5) is 11.6 Å². The predicted octanol–water partition coefficient (Wildman–Crippen LogP) is 0.260. The van der Waals surface area contributed by atoms with E-state index >= 15 is 0 Å². The number of hydrogen-bond donors (Lipinski definition) is 2. The number of aromatic nitrogens is 2. The molecule has 0 spiro atoms. The van der Waals surface area contributed by atoms with Gasteiger partial charge in [-0.3, -0.25) is 0 Å². The van der Waals surface area contributed by atoms with Crippen LogP contribution in [0.25, 0.3) is 0 Å². The van der Waals surface area contributed by atoms with E-state index < -0.39 is 0 Å². The lowest BCUT2D eigenvalue weighted by Gasteiger charge is -2.25. The molecule has 0 aliphatic carbocycles. The van der Waals surface area contributed by atoms with E-state index in [1.54, 1.807) is 21.3 Å². The maximum absolute atomic E-state index is 5.43. The average Bonchev–Trinajstić information content (AvgIpc) is 2.49. The molecule has 0 saturated heterocycles. The number of nitrogens with two attached hydrogens (primary N) is 1. The molecule has 8 heteroatoms. The Morgan fingerprint density at radius 3 is 2.50 bits per heavy atom. The third kappa shape index (κ3) is 4.48. The summed E-state index contributed by atoms with van der Waals surface area (Å²) in [4.78, 5) is 10.4. The van der Waals surface area contributed by atoms with Gasteiger partial charge in [-0.15, -0.1) is 0 Å². The third-order valence-electron chi connectivity index (χ3n) is 2.77. The standard InChI is InChI=1S/C12H23N5O3/c1-18-7-4-5-17(6-8-19-2)12-10(20-3)11(16-13)14-9-15-12/h9H,4-8,13H2,1-3H3,(H,14,15,16). The maximum Gasteiger partial charge on any atom is 0.205 e. The van der Waals surface area contributed by atoms with Gasteiger partial charge in [0.25, 0.3) is 0 Å². The van der Waals surface area contributed by atoms with Gasteiger partial charge in [0.05, 0.1) is 13.7 Å². The van der Waals surface area contributed by atoms with Gasteiger partial charge in [0, 0.05) is 33.9 Å². The van der Waals surface area contributed by atoms with Gasteiger partial charge in [-0.25, -0.2) is 15.8 Å². The van der Waals surface area contributed by atoms with Crippen molar-refractivity contribution in [2.24, 2.45) is 5.84 Å². The van der Waals surface area contributed by atoms with Crippen molar-refractivity contribution in [1.82, 2.24) is 9.97 Å². The number of methoxy groups -OCH3 is 3. The molecule has 0 saturated carbocycles. The Bertz CT molecular complexity index is 391. The fourth-order valence-corrected chi connectivity index (χ4v) is 1.81. The van der Waals surface area contributed by atoms with Crippen molar-refractivity contribution < 1.29 is 14.2 Å². The Hall–Kier alpha value is -1.64. The molecule has 20 heavy (non-hydrogen) atoms. The highest BCUT2D eigenvalue weighted by molar-refractivity contribution is 5.64. The van der Waals surface area contributed by atoms with Crippen molar-refractivity contribution in [2.45, 2.75) is 6.42 Å². The van der Waals surface area contributed by atoms with E-state index in [9.17, 15) is 0 Å². The summed E-state index contributed by atoms with van der Waals surface area (Å²) >= 11 is 0. The number of hydrazine groups is 1. The highest BCUT2D eigenvalue weighted by Gasteiger charge is 2.17. The Morgan fingerprint density at radius 2 is 1.90 bits per heavy atom. The smallest absolute Gasteiger partial charge is 0.205 e. The maximum atomic E-state index is 5.43. The molecule has 0 aliphatic heterocycles. The van der Waals surface area contributed by atoms with Crippen LogP contribution in [-0.4, -0.2) is 57.6 Å². The van der Waals surface area contributed by atoms with E-state index in [1.165, 1.54) is 6.33 Å². The molecule has 8 nitrogen and oxygen atoms in total. The molecule has 1 heterocycles. The Balaban J connectivity index is 2.92. The lowest BCUT2D eigenvalue weighted by molar-refractivity contribution is 0.190. The van der Waals surface area contributed by atoms with Crippen molar-refractivity contribution in [3.63, 3.8) is 0 Å². The van der Waals surface area contributed by atoms with E-state index in [-0.39, 0.29) is 0 Å². The summed E-state index contributed by atoms with van der Waals surface area (Å²) in [6.45, 7) is 2.73. The second-order valence-electron chi connectivity index (χ2n) is 4.05. The van der Waals surface area contributed by atoms with Crippen LogP contribution in [0.15, 0.2) is 6.33 Å². The molecule has 0 amide bonds. The fourth-order valence-electron chi connectivity index (χ4n) is 1.81. The lowest BCUT2D eigenvalue weighted by Crippen LogP contribution is -2.30.